The van der Waals surface area contributed by atoms with Crippen LogP contribution in [0.5, 0.6) is 0 Å². The molecule has 0 N–H and O–H groups in total. The van der Waals surface area contributed by atoms with Crippen molar-refractivity contribution in [3.05, 3.63) is 24.2 Å². The second-order valence-corrected chi connectivity index (χ2v) is 8.58. The van der Waals surface area contributed by atoms with Gasteiger partial charge in [0.25, 0.3) is 5.91 Å². The van der Waals surface area contributed by atoms with Crippen molar-refractivity contribution in [2.24, 2.45) is 5.92 Å². The van der Waals surface area contributed by atoms with E-state index in [0.29, 0.717) is 32.7 Å². The Labute approximate surface area is 148 Å². The molecule has 0 aliphatic carbocycles. The Morgan fingerprint density at radius 1 is 1.20 bits per heavy atom. The number of amides is 2. The number of hydrogen-bond donors (Lipinski definition) is 0. The molecule has 9 heteroatoms. The number of rotatable bonds is 6. The average molecular weight is 371 g/mol. The molecule has 8 nitrogen and oxygen atoms in total. The molecule has 2 amide bonds. The second kappa shape index (κ2) is 8.01. The van der Waals surface area contributed by atoms with Gasteiger partial charge in [-0.3, -0.25) is 9.59 Å². The third-order valence-corrected chi connectivity index (χ3v) is 5.22. The summed E-state index contributed by atoms with van der Waals surface area (Å²) >= 11 is 0. The first kappa shape index (κ1) is 19.5. The van der Waals surface area contributed by atoms with Crippen LogP contribution in [0.3, 0.4) is 0 Å². The molecule has 0 radical (unpaired) electrons. The summed E-state index contributed by atoms with van der Waals surface area (Å²) in [5, 5.41) is 0. The molecule has 0 saturated carbocycles. The molecule has 25 heavy (non-hydrogen) atoms. The molecule has 0 aromatic carbocycles. The van der Waals surface area contributed by atoms with E-state index in [9.17, 15) is 18.0 Å². The average Bonchev–Trinajstić information content (AvgIpc) is 3.06. The lowest BCUT2D eigenvalue weighted by atomic mass is 10.2. The lowest BCUT2D eigenvalue weighted by Gasteiger charge is -2.35. The standard InChI is InChI=1S/C16H25N3O5S/c1-13(2)11-19(25(3,22)23)12-15(20)17-6-8-18(9-7-17)16(21)14-5-4-10-24-14/h4-5,10,13H,6-9,11-12H2,1-3H3. The first-order chi connectivity index (χ1) is 11.7. The van der Waals surface area contributed by atoms with Gasteiger partial charge in [-0.25, -0.2) is 8.42 Å². The van der Waals surface area contributed by atoms with E-state index in [0.717, 1.165) is 6.26 Å². The van der Waals surface area contributed by atoms with E-state index in [4.69, 9.17) is 4.42 Å². The Bertz CT molecular complexity index is 691. The van der Waals surface area contributed by atoms with Crippen LogP contribution in [-0.2, 0) is 14.8 Å². The normalized spacial score (nSPS) is 15.9. The van der Waals surface area contributed by atoms with Crippen LogP contribution in [0, 0.1) is 5.92 Å². The third kappa shape index (κ3) is 5.30. The quantitative estimate of drug-likeness (QED) is 0.725. The predicted octanol–water partition coefficient (Wildman–Crippen LogP) is 0.482. The van der Waals surface area contributed by atoms with E-state index in [-0.39, 0.29) is 30.0 Å². The van der Waals surface area contributed by atoms with Crippen LogP contribution in [0.15, 0.2) is 22.8 Å². The van der Waals surface area contributed by atoms with Crippen molar-refractivity contribution in [3.8, 4) is 0 Å². The molecular formula is C16H25N3O5S. The Kier molecular flexibility index (Phi) is 6.23. The van der Waals surface area contributed by atoms with Crippen LogP contribution in [0.1, 0.15) is 24.4 Å². The SMILES string of the molecule is CC(C)CN(CC(=O)N1CCN(C(=O)c2ccco2)CC1)S(C)(=O)=O. The number of piperazine rings is 1. The molecule has 0 bridgehead atoms. The highest BCUT2D eigenvalue weighted by molar-refractivity contribution is 7.88. The summed E-state index contributed by atoms with van der Waals surface area (Å²) < 4.78 is 30.0. The Morgan fingerprint density at radius 3 is 2.28 bits per heavy atom. The first-order valence-corrected chi connectivity index (χ1v) is 10.1. The Balaban J connectivity index is 1.91. The van der Waals surface area contributed by atoms with Gasteiger partial charge in [-0.15, -0.1) is 0 Å². The highest BCUT2D eigenvalue weighted by Gasteiger charge is 2.28. The van der Waals surface area contributed by atoms with Crippen molar-refractivity contribution in [2.75, 3.05) is 45.5 Å². The zero-order valence-electron chi connectivity index (χ0n) is 14.8. The van der Waals surface area contributed by atoms with Gasteiger partial charge in [-0.2, -0.15) is 4.31 Å². The van der Waals surface area contributed by atoms with Crippen LogP contribution in [-0.4, -0.2) is 79.9 Å². The maximum Gasteiger partial charge on any atom is 0.289 e. The van der Waals surface area contributed by atoms with Crippen LogP contribution in [0.2, 0.25) is 0 Å². The van der Waals surface area contributed by atoms with E-state index in [1.54, 1.807) is 21.9 Å². The number of hydrogen-bond acceptors (Lipinski definition) is 5. The van der Waals surface area contributed by atoms with E-state index in [1.165, 1.54) is 10.6 Å². The van der Waals surface area contributed by atoms with Crippen LogP contribution in [0.4, 0.5) is 0 Å². The Hall–Kier alpha value is -1.87. The summed E-state index contributed by atoms with van der Waals surface area (Å²) in [6, 6.07) is 3.26. The third-order valence-electron chi connectivity index (χ3n) is 4.00. The smallest absolute Gasteiger partial charge is 0.289 e. The number of furan rings is 1. The molecule has 1 fully saturated rings. The maximum atomic E-state index is 12.4. The van der Waals surface area contributed by atoms with Crippen LogP contribution >= 0.6 is 0 Å². The van der Waals surface area contributed by atoms with Gasteiger partial charge in [0.1, 0.15) is 0 Å². The second-order valence-electron chi connectivity index (χ2n) is 6.60. The fourth-order valence-corrected chi connectivity index (χ4v) is 3.60. The molecule has 140 valence electrons. The van der Waals surface area contributed by atoms with Gasteiger partial charge in [0.2, 0.25) is 15.9 Å². The largest absolute Gasteiger partial charge is 0.459 e. The fraction of sp³-hybridized carbons (Fsp3) is 0.625. The molecule has 2 heterocycles. The fourth-order valence-electron chi connectivity index (χ4n) is 2.69. The van der Waals surface area contributed by atoms with Crippen molar-refractivity contribution in [1.82, 2.24) is 14.1 Å². The molecule has 0 atom stereocenters. The number of carbonyl (C=O) groups is 2. The number of nitrogens with zero attached hydrogens (tertiary/aromatic N) is 3. The van der Waals surface area contributed by atoms with Crippen LogP contribution in [0.25, 0.3) is 0 Å². The summed E-state index contributed by atoms with van der Waals surface area (Å²) in [6.07, 6.45) is 2.56. The highest BCUT2D eigenvalue weighted by atomic mass is 32.2. The van der Waals surface area contributed by atoms with Crippen molar-refractivity contribution < 1.29 is 22.4 Å². The van der Waals surface area contributed by atoms with E-state index >= 15 is 0 Å². The topological polar surface area (TPSA) is 91.1 Å². The van der Waals surface area contributed by atoms with Gasteiger partial charge in [-0.1, -0.05) is 13.8 Å². The minimum absolute atomic E-state index is 0.130. The van der Waals surface area contributed by atoms with Gasteiger partial charge in [0.15, 0.2) is 5.76 Å². The molecule has 2 rings (SSSR count). The molecule has 0 spiro atoms. The lowest BCUT2D eigenvalue weighted by Crippen LogP contribution is -2.53. The summed E-state index contributed by atoms with van der Waals surface area (Å²) in [7, 11) is -3.44. The van der Waals surface area contributed by atoms with Crippen molar-refractivity contribution in [2.45, 2.75) is 13.8 Å². The van der Waals surface area contributed by atoms with Crippen molar-refractivity contribution in [3.63, 3.8) is 0 Å². The summed E-state index contributed by atoms with van der Waals surface area (Å²) in [6.45, 7) is 5.51. The summed E-state index contributed by atoms with van der Waals surface area (Å²) in [5.74, 6) is -0.0314. The molecule has 1 aliphatic heterocycles. The minimum atomic E-state index is -3.44. The van der Waals surface area contributed by atoms with Gasteiger partial charge in [-0.05, 0) is 18.1 Å². The van der Waals surface area contributed by atoms with Gasteiger partial charge in [0.05, 0.1) is 19.1 Å². The molecule has 1 saturated heterocycles. The molecule has 1 aromatic heterocycles. The zero-order valence-corrected chi connectivity index (χ0v) is 15.7. The first-order valence-electron chi connectivity index (χ1n) is 8.24. The Morgan fingerprint density at radius 2 is 1.80 bits per heavy atom. The van der Waals surface area contributed by atoms with Gasteiger partial charge >= 0.3 is 0 Å². The maximum absolute atomic E-state index is 12.4. The van der Waals surface area contributed by atoms with E-state index in [1.807, 2.05) is 13.8 Å². The zero-order chi connectivity index (χ0) is 18.6. The van der Waals surface area contributed by atoms with Crippen molar-refractivity contribution in [1.29, 1.82) is 0 Å². The van der Waals surface area contributed by atoms with Gasteiger partial charge in [0, 0.05) is 32.7 Å². The highest BCUT2D eigenvalue weighted by Crippen LogP contribution is 2.11. The molecular weight excluding hydrogens is 346 g/mol. The summed E-state index contributed by atoms with van der Waals surface area (Å²) in [5.41, 5.74) is 0. The lowest BCUT2D eigenvalue weighted by molar-refractivity contribution is -0.132. The predicted molar refractivity (Wildman–Crippen MR) is 92.4 cm³/mol. The van der Waals surface area contributed by atoms with Crippen LogP contribution < -0.4 is 0 Å². The molecule has 0 unspecified atom stereocenters. The monoisotopic (exact) mass is 371 g/mol. The van der Waals surface area contributed by atoms with Gasteiger partial charge < -0.3 is 14.2 Å². The molecule has 1 aliphatic rings. The van der Waals surface area contributed by atoms with E-state index in [2.05, 4.69) is 0 Å². The minimum Gasteiger partial charge on any atom is -0.459 e. The summed E-state index contributed by atoms with van der Waals surface area (Å²) in [4.78, 5) is 27.9. The van der Waals surface area contributed by atoms with Crippen molar-refractivity contribution >= 4 is 21.8 Å². The number of sulfonamides is 1. The number of carbonyl (C=O) groups excluding carboxylic acids is 2. The van der Waals surface area contributed by atoms with E-state index < -0.39 is 10.0 Å². The molecule has 1 aromatic rings.